The zero-order valence-corrected chi connectivity index (χ0v) is 101. The van der Waals surface area contributed by atoms with Crippen molar-refractivity contribution in [3.63, 3.8) is 0 Å². The molecule has 1 aliphatic carbocycles. The average molecular weight is 2050 g/mol. The predicted molar refractivity (Wildman–Crippen MR) is 647 cm³/mol. The van der Waals surface area contributed by atoms with E-state index in [-0.39, 0.29) is 98.1 Å². The molecule has 5 aromatic rings. The Hall–Kier alpha value is -10.9. The van der Waals surface area contributed by atoms with Crippen molar-refractivity contribution in [2.75, 3.05) is 26.4 Å². The van der Waals surface area contributed by atoms with E-state index < -0.39 is 8.07 Å². The number of carbonyl (C=O) groups is 6. The Labute approximate surface area is 911 Å². The minimum atomic E-state index is -0.844. The van der Waals surface area contributed by atoms with Crippen molar-refractivity contribution in [2.24, 2.45) is 101 Å². The molecule has 147 heavy (non-hydrogen) atoms. The van der Waals surface area contributed by atoms with E-state index in [0.717, 1.165) is 95.3 Å². The molecule has 0 bridgehead atoms. The molecule has 832 valence electrons. The fraction of sp³-hybridized carbons (Fsp3) is 0.560. The Kier molecular flexibility index (Phi) is 100. The van der Waals surface area contributed by atoms with Gasteiger partial charge >= 0.3 is 29.8 Å². The number of hydrogen-bond donors (Lipinski definition) is 1. The molecule has 0 saturated heterocycles. The molecule has 0 amide bonds. The summed E-state index contributed by atoms with van der Waals surface area (Å²) in [5, 5.41) is 8.81. The van der Waals surface area contributed by atoms with Gasteiger partial charge in [0, 0.05) is 37.6 Å². The zero-order chi connectivity index (χ0) is 115. The van der Waals surface area contributed by atoms with E-state index in [1.165, 1.54) is 65.1 Å². The van der Waals surface area contributed by atoms with Gasteiger partial charge in [0.25, 0.3) is 0 Å². The van der Waals surface area contributed by atoms with Gasteiger partial charge in [0.2, 0.25) is 0 Å². The highest BCUT2D eigenvalue weighted by atomic mass is 28.3. The van der Waals surface area contributed by atoms with Crippen LogP contribution < -0.4 is 0 Å². The third kappa shape index (κ3) is 99.5. The van der Waals surface area contributed by atoms with Crippen molar-refractivity contribution >= 4 is 43.7 Å². The molecule has 13 heteroatoms. The molecule has 0 spiro atoms. The Morgan fingerprint density at radius 3 is 1.12 bits per heavy atom. The highest BCUT2D eigenvalue weighted by Gasteiger charge is 2.30. The standard InChI is InChI=1S/C22H14.C18H18O2.C11H14O2.C11H22O2.C11H16O.C10H14.C9H22Si.C8H16O2.C7H12O2.C7H16.C6H12.C5H10O.C5H12.C4H10.6H2/c1-6-9-12-15-17-21(18-16-13-10-7-2)22(20(4)5)19-14-11-8-3;1-12(2)18(19)20-11-17-15-9-5-3-7-13(15)14-8-4-6-10-16(14)17;1-9(2)11(12)13-8-10-6-4-3-5-7-10;1-9(2)7-5-6-8-13-11(12)10(3)4;1-9(2)7-10-3-5-11(8-12)6-4-10;1-9(2)8-10-6-4-3-5-7-10;1-8(2)7-10(5,6)9(3)4;1-6(2)5-10-8(9)7(3)4;1-4-5-9-7(8)6(2)3;1-6(2)5-7(3)4;1-4-5-6(2)3;1-4(2)5(3)6;1-4-5(2)3;1-4(2)3;;;;;;/h17,20H,1-3H2,4-5H3;3-10,12,17H,11H2,1-2H3;3-7,9H,8H2,1-2H3;9-10H,5-8H2,1-4H3;3-6,9,12H,7-8H2,1-2H3;3-7,9H,8H2,1-2H3;8-9H,7H2,1-6H3;6-7H,5H2,1-4H3;4,6H,1,5H2,2-3H3;6-7H,5H2,1-4H3;4,6H,1,5H2,2-3H3;4H,1-3H3;5H,4H2,1-3H3;4H,1-3H3;6*1H. The number of esters is 5. The number of hydrogen-bond acceptors (Lipinski definition) is 12. The van der Waals surface area contributed by atoms with Crippen molar-refractivity contribution in [2.45, 2.75) is 365 Å². The van der Waals surface area contributed by atoms with Gasteiger partial charge in [0.15, 0.2) is 0 Å². The van der Waals surface area contributed by atoms with E-state index in [0.29, 0.717) is 50.4 Å². The number of Topliss-reactive ketones (excluding diaryl/α,β-unsaturated/α-hetero) is 1. The van der Waals surface area contributed by atoms with Gasteiger partial charge in [0.1, 0.15) is 25.6 Å². The topological polar surface area (TPSA) is 169 Å². The summed E-state index contributed by atoms with van der Waals surface area (Å²) in [6, 6.07) is 46.6. The molecule has 12 nitrogen and oxygen atoms in total. The number of ether oxygens (including phenoxy) is 5. The normalized spacial score (nSPS) is 10.2. The molecular formula is C134H220O12Si. The van der Waals surface area contributed by atoms with Crippen molar-refractivity contribution in [3.8, 4) is 11.1 Å². The summed E-state index contributed by atoms with van der Waals surface area (Å²) < 4.78 is 25.2. The molecule has 0 fully saturated rings. The smallest absolute Gasteiger partial charge is 0.308 e. The molecule has 0 saturated carbocycles. The molecule has 0 atom stereocenters. The van der Waals surface area contributed by atoms with E-state index >= 15 is 0 Å². The third-order valence-corrected chi connectivity index (χ3v) is 25.4. The van der Waals surface area contributed by atoms with Gasteiger partial charge in [-0.05, 0) is 215 Å². The van der Waals surface area contributed by atoms with Crippen LogP contribution in [0.5, 0.6) is 0 Å². The quantitative estimate of drug-likeness (QED) is 0.00776. The first-order chi connectivity index (χ1) is 68.7. The molecule has 1 N–H and O–H groups in total. The second kappa shape index (κ2) is 97.2. The lowest BCUT2D eigenvalue weighted by atomic mass is 9.96. The highest BCUT2D eigenvalue weighted by molar-refractivity contribution is 6.78. The van der Waals surface area contributed by atoms with Crippen molar-refractivity contribution < 1.29 is 66.1 Å². The first-order valence-corrected chi connectivity index (χ1v) is 57.2. The Balaban J connectivity index is -0.000000115. The lowest BCUT2D eigenvalue weighted by Crippen LogP contribution is -2.30. The summed E-state index contributed by atoms with van der Waals surface area (Å²) in [5.74, 6) is 7.78. The maximum Gasteiger partial charge on any atom is 0.308 e. The van der Waals surface area contributed by atoms with Crippen LogP contribution in [0, 0.1) is 101 Å². The minimum Gasteiger partial charge on any atom is -0.465 e. The number of ketones is 1. The number of unbranched alkanes of at least 4 members (excludes halogenated alkanes) is 1. The fourth-order valence-corrected chi connectivity index (χ4v) is 14.1. The van der Waals surface area contributed by atoms with Gasteiger partial charge in [0.05, 0.1) is 57.5 Å². The fourth-order valence-electron chi connectivity index (χ4n) is 11.5. The highest BCUT2D eigenvalue weighted by Crippen LogP contribution is 2.44. The number of rotatable bonds is 35. The number of aliphatic hydroxyl groups excluding tert-OH is 1. The lowest BCUT2D eigenvalue weighted by molar-refractivity contribution is -0.149. The third-order valence-electron chi connectivity index (χ3n) is 20.4. The Morgan fingerprint density at radius 1 is 0.395 bits per heavy atom. The summed E-state index contributed by atoms with van der Waals surface area (Å²) in [5.41, 5.74) is 46.9. The van der Waals surface area contributed by atoms with E-state index in [9.17, 15) is 28.8 Å². The maximum absolute atomic E-state index is 11.7. The summed E-state index contributed by atoms with van der Waals surface area (Å²) in [6.07, 6.45) is 14.7. The zero-order valence-electron chi connectivity index (χ0n) is 100. The molecular weight excluding hydrogens is 1830 g/mol. The van der Waals surface area contributed by atoms with Crippen molar-refractivity contribution in [1.82, 2.24) is 0 Å². The molecule has 0 aliphatic heterocycles. The van der Waals surface area contributed by atoms with Gasteiger partial charge in [-0.1, -0.05) is 487 Å². The lowest BCUT2D eigenvalue weighted by Gasteiger charge is -2.28. The number of allylic oxidation sites excluding steroid dienone is 4. The molecule has 0 heterocycles. The van der Waals surface area contributed by atoms with E-state index in [4.69, 9.17) is 28.8 Å². The van der Waals surface area contributed by atoms with Crippen LogP contribution in [0.25, 0.3) is 11.1 Å². The summed E-state index contributed by atoms with van der Waals surface area (Å²) in [6.45, 7) is 106. The van der Waals surface area contributed by atoms with Crippen LogP contribution >= 0.6 is 0 Å². The largest absolute Gasteiger partial charge is 0.465 e. The molecule has 1 aliphatic rings. The van der Waals surface area contributed by atoms with Gasteiger partial charge in [-0.25, -0.2) is 0 Å². The maximum atomic E-state index is 11.7. The number of aliphatic hydroxyl groups is 1. The second-order valence-corrected chi connectivity index (χ2v) is 49.3. The van der Waals surface area contributed by atoms with Crippen LogP contribution in [-0.4, -0.2) is 75.2 Å². The van der Waals surface area contributed by atoms with E-state index in [2.05, 4.69) is 352 Å². The predicted octanol–water partition coefficient (Wildman–Crippen LogP) is 37.9. The minimum absolute atomic E-state index is 0. The van der Waals surface area contributed by atoms with Crippen LogP contribution in [0.2, 0.25) is 24.7 Å². The van der Waals surface area contributed by atoms with Crippen LogP contribution in [0.3, 0.4) is 0 Å². The Bertz CT molecular complexity index is 4830. The SMILES string of the molecule is C=C=C=C=C=C=C(C=C=C=C=C=C)C(=C=C=C=C=C)C(C)C.C=CCC(C)C.C=CCOC(=O)C(C)C.CC(=O)C(C)C.CC(C)C.CC(C)C(=O)OCC1c2ccccc2-c2ccccc21.CC(C)C(=O)OCc1ccccc1.CC(C)CC(C)C.CC(C)CCCCOC(=O)C(C)C.CC(C)COC(=O)C(C)C.CC(C)C[Si](C)(C)C(C)C.CC(C)Cc1ccc(CO)cc1.CC(C)Cc1ccccc1.CCC(C)C.[HH].[HH].[HH].[HH].[HH].[HH]. The second-order valence-electron chi connectivity index (χ2n) is 43.8. The van der Waals surface area contributed by atoms with Crippen molar-refractivity contribution in [1.29, 1.82) is 0 Å². The molecule has 0 radical (unpaired) electrons. The van der Waals surface area contributed by atoms with Gasteiger partial charge in [-0.2, -0.15) is 0 Å². The monoisotopic (exact) mass is 2050 g/mol. The molecule has 0 unspecified atom stereocenters. The number of fused-ring (bicyclic) bond motifs is 3. The summed E-state index contributed by atoms with van der Waals surface area (Å²) in [7, 11) is -0.844. The average Bonchev–Trinajstić information content (AvgIpc) is 1.61. The van der Waals surface area contributed by atoms with Gasteiger partial charge in [-0.3, -0.25) is 28.8 Å². The number of carbonyl (C=O) groups excluding carboxylic acids is 6. The number of benzene rings is 5. The van der Waals surface area contributed by atoms with Gasteiger partial charge in [-0.15, -0.1) is 6.58 Å². The van der Waals surface area contributed by atoms with E-state index in [1.54, 1.807) is 32.9 Å². The first kappa shape index (κ1) is 151. The van der Waals surface area contributed by atoms with Gasteiger partial charge < -0.3 is 28.8 Å². The van der Waals surface area contributed by atoms with Crippen molar-refractivity contribution in [3.05, 3.63) is 304 Å². The molecule has 5 aromatic carbocycles. The first-order valence-electron chi connectivity index (χ1n) is 53.9. The van der Waals surface area contributed by atoms with Crippen LogP contribution in [0.15, 0.2) is 270 Å². The molecule has 0 aromatic heterocycles. The Morgan fingerprint density at radius 2 is 0.776 bits per heavy atom. The summed E-state index contributed by atoms with van der Waals surface area (Å²) >= 11 is 0. The van der Waals surface area contributed by atoms with Crippen LogP contribution in [0.4, 0.5) is 0 Å². The summed E-state index contributed by atoms with van der Waals surface area (Å²) in [4.78, 5) is 65.4. The van der Waals surface area contributed by atoms with E-state index in [1.807, 2.05) is 158 Å². The molecule has 6 rings (SSSR count). The van der Waals surface area contributed by atoms with Crippen LogP contribution in [0.1, 0.15) is 356 Å². The van der Waals surface area contributed by atoms with Crippen LogP contribution in [-0.2, 0) is 78.5 Å².